The Labute approximate surface area is 156 Å². The lowest BCUT2D eigenvalue weighted by Crippen LogP contribution is -2.18. The van der Waals surface area contributed by atoms with Crippen molar-refractivity contribution in [2.45, 2.75) is 25.3 Å². The molecule has 2 aromatic rings. The van der Waals surface area contributed by atoms with Crippen LogP contribution in [0.4, 0.5) is 5.69 Å². The summed E-state index contributed by atoms with van der Waals surface area (Å²) in [5.74, 6) is 0.877. The van der Waals surface area contributed by atoms with Crippen molar-refractivity contribution in [3.05, 3.63) is 59.1 Å². The number of esters is 1. The van der Waals surface area contributed by atoms with Gasteiger partial charge in [0.2, 0.25) is 0 Å². The number of nitrogens with zero attached hydrogens (tertiary/aromatic N) is 1. The summed E-state index contributed by atoms with van der Waals surface area (Å²) in [5.41, 5.74) is 1.95. The molecule has 1 aliphatic heterocycles. The Balaban J connectivity index is 1.98. The van der Waals surface area contributed by atoms with E-state index in [0.29, 0.717) is 12.3 Å². The van der Waals surface area contributed by atoms with Gasteiger partial charge >= 0.3 is 5.97 Å². The number of methoxy groups -OCH3 is 1. The maximum Gasteiger partial charge on any atom is 0.308 e. The van der Waals surface area contributed by atoms with Crippen molar-refractivity contribution in [3.63, 3.8) is 0 Å². The number of anilines is 1. The third-order valence-electron chi connectivity index (χ3n) is 3.76. The van der Waals surface area contributed by atoms with Crippen molar-refractivity contribution >= 4 is 29.2 Å². The fourth-order valence-electron chi connectivity index (χ4n) is 2.71. The molecule has 1 aliphatic rings. The molecule has 6 heteroatoms. The molecule has 2 aromatic carbocycles. The maximum atomic E-state index is 11.7. The predicted molar refractivity (Wildman–Crippen MR) is 102 cm³/mol. The monoisotopic (exact) mass is 369 g/mol. The summed E-state index contributed by atoms with van der Waals surface area (Å²) in [4.78, 5) is 26.0. The first-order chi connectivity index (χ1) is 12.5. The van der Waals surface area contributed by atoms with Gasteiger partial charge in [-0.25, -0.2) is 0 Å². The molecule has 0 aliphatic carbocycles. The van der Waals surface area contributed by atoms with Crippen LogP contribution in [0.25, 0.3) is 0 Å². The fourth-order valence-corrected chi connectivity index (χ4v) is 3.84. The van der Waals surface area contributed by atoms with E-state index < -0.39 is 0 Å². The fraction of sp³-hybridized carbons (Fsp3) is 0.200. The minimum Gasteiger partial charge on any atom is -0.497 e. The van der Waals surface area contributed by atoms with E-state index >= 15 is 0 Å². The molecule has 1 heterocycles. The highest BCUT2D eigenvalue weighted by atomic mass is 32.2. The van der Waals surface area contributed by atoms with Crippen LogP contribution in [0.2, 0.25) is 0 Å². The number of hydrogen-bond donors (Lipinski definition) is 0. The number of allylic oxidation sites excluding steroid dienone is 1. The summed E-state index contributed by atoms with van der Waals surface area (Å²) >= 11 is 1.52. The Morgan fingerprint density at radius 3 is 2.62 bits per heavy atom. The number of rotatable bonds is 5. The molecule has 0 saturated heterocycles. The second-order valence-electron chi connectivity index (χ2n) is 5.86. The molecule has 26 heavy (non-hydrogen) atoms. The van der Waals surface area contributed by atoms with E-state index in [2.05, 4.69) is 0 Å². The van der Waals surface area contributed by atoms with E-state index in [1.807, 2.05) is 41.3 Å². The van der Waals surface area contributed by atoms with Gasteiger partial charge in [0.05, 0.1) is 17.8 Å². The zero-order chi connectivity index (χ0) is 18.7. The molecule has 0 aromatic heterocycles. The molecule has 0 spiro atoms. The highest BCUT2D eigenvalue weighted by molar-refractivity contribution is 8.03. The second kappa shape index (κ2) is 7.66. The van der Waals surface area contributed by atoms with Crippen LogP contribution < -0.4 is 14.4 Å². The Bertz CT molecular complexity index is 891. The van der Waals surface area contributed by atoms with Crippen LogP contribution in [0.1, 0.15) is 19.4 Å². The highest BCUT2D eigenvalue weighted by Crippen LogP contribution is 2.48. The largest absolute Gasteiger partial charge is 0.497 e. The summed E-state index contributed by atoms with van der Waals surface area (Å²) in [7, 11) is 1.63. The molecule has 0 bridgehead atoms. The number of benzene rings is 2. The summed E-state index contributed by atoms with van der Waals surface area (Å²) in [5, 5.41) is 0.843. The van der Waals surface area contributed by atoms with E-state index in [1.165, 1.54) is 25.6 Å². The molecule has 5 nitrogen and oxygen atoms in total. The third-order valence-corrected chi connectivity index (χ3v) is 4.88. The van der Waals surface area contributed by atoms with Gasteiger partial charge < -0.3 is 14.4 Å². The Kier molecular flexibility index (Phi) is 5.32. The minimum absolute atomic E-state index is 0.0174. The molecule has 0 saturated carbocycles. The number of fused-ring (bicyclic) bond motifs is 1. The van der Waals surface area contributed by atoms with Crippen molar-refractivity contribution in [1.82, 2.24) is 0 Å². The number of carbonyl (C=O) groups is 2. The Morgan fingerprint density at radius 1 is 1.12 bits per heavy atom. The molecule has 0 fully saturated rings. The van der Waals surface area contributed by atoms with Gasteiger partial charge in [0, 0.05) is 30.5 Å². The van der Waals surface area contributed by atoms with E-state index in [-0.39, 0.29) is 11.8 Å². The lowest BCUT2D eigenvalue weighted by atomic mass is 10.2. The predicted octanol–water partition coefficient (Wildman–Crippen LogP) is 4.16. The van der Waals surface area contributed by atoms with Crippen molar-refractivity contribution in [1.29, 1.82) is 0 Å². The topological polar surface area (TPSA) is 55.8 Å². The Hall–Kier alpha value is -2.73. The van der Waals surface area contributed by atoms with Crippen molar-refractivity contribution in [2.75, 3.05) is 12.0 Å². The molecular weight excluding hydrogens is 350 g/mol. The van der Waals surface area contributed by atoms with Gasteiger partial charge in [0.1, 0.15) is 11.5 Å². The first-order valence-corrected chi connectivity index (χ1v) is 8.91. The van der Waals surface area contributed by atoms with Gasteiger partial charge in [-0.3, -0.25) is 9.59 Å². The van der Waals surface area contributed by atoms with Gasteiger partial charge in [-0.2, -0.15) is 0 Å². The average Bonchev–Trinajstić information content (AvgIpc) is 2.91. The van der Waals surface area contributed by atoms with Crippen LogP contribution >= 0.6 is 11.8 Å². The minimum atomic E-state index is -0.366. The van der Waals surface area contributed by atoms with E-state index in [9.17, 15) is 9.59 Å². The molecule has 0 amide bonds. The molecule has 0 radical (unpaired) electrons. The summed E-state index contributed by atoms with van der Waals surface area (Å²) < 4.78 is 10.5. The quantitative estimate of drug-likeness (QED) is 0.448. The van der Waals surface area contributed by atoms with Crippen LogP contribution in [-0.2, 0) is 16.1 Å². The average molecular weight is 369 g/mol. The van der Waals surface area contributed by atoms with Gasteiger partial charge in [-0.05, 0) is 36.8 Å². The summed E-state index contributed by atoms with van der Waals surface area (Å²) in [6, 6.07) is 13.3. The zero-order valence-electron chi connectivity index (χ0n) is 14.8. The number of carbonyl (C=O) groups excluding carboxylic acids is 2. The van der Waals surface area contributed by atoms with Gasteiger partial charge in [0.25, 0.3) is 0 Å². The normalized spacial score (nSPS) is 14.3. The molecule has 0 unspecified atom stereocenters. The van der Waals surface area contributed by atoms with Crippen LogP contribution in [0.5, 0.6) is 11.5 Å². The smallest absolute Gasteiger partial charge is 0.308 e. The third kappa shape index (κ3) is 4.08. The number of thioether (sulfide) groups is 1. The first-order valence-electron chi connectivity index (χ1n) is 8.09. The van der Waals surface area contributed by atoms with E-state index in [1.54, 1.807) is 19.3 Å². The van der Waals surface area contributed by atoms with Crippen molar-refractivity contribution < 1.29 is 19.1 Å². The van der Waals surface area contributed by atoms with Gasteiger partial charge in [-0.15, -0.1) is 0 Å². The SMILES string of the molecule is COc1cccc(CN2/C(=C/C(C)=O)Sc3ccc(OC(C)=O)cc32)c1. The second-order valence-corrected chi connectivity index (χ2v) is 6.92. The van der Waals surface area contributed by atoms with Gasteiger partial charge in [-0.1, -0.05) is 23.9 Å². The van der Waals surface area contributed by atoms with Crippen molar-refractivity contribution in [3.8, 4) is 11.5 Å². The van der Waals surface area contributed by atoms with Crippen LogP contribution in [0.3, 0.4) is 0 Å². The zero-order valence-corrected chi connectivity index (χ0v) is 15.6. The molecular formula is C20H19NO4S. The maximum absolute atomic E-state index is 11.7. The molecule has 134 valence electrons. The number of ether oxygens (including phenoxy) is 2. The molecule has 3 rings (SSSR count). The standard InChI is InChI=1S/C20H19NO4S/c1-13(22)9-20-21(12-15-5-4-6-16(10-15)24-3)18-11-17(25-14(2)23)7-8-19(18)26-20/h4-11H,12H2,1-3H3/b20-9-. The lowest BCUT2D eigenvalue weighted by molar-refractivity contribution is -0.131. The van der Waals surface area contributed by atoms with Gasteiger partial charge in [0.15, 0.2) is 5.78 Å². The molecule has 0 atom stereocenters. The first kappa shape index (κ1) is 18.1. The summed E-state index contributed by atoms with van der Waals surface area (Å²) in [6.07, 6.45) is 1.62. The van der Waals surface area contributed by atoms with E-state index in [4.69, 9.17) is 9.47 Å². The number of hydrogen-bond acceptors (Lipinski definition) is 6. The molecule has 0 N–H and O–H groups in total. The van der Waals surface area contributed by atoms with Crippen molar-refractivity contribution in [2.24, 2.45) is 0 Å². The summed E-state index contributed by atoms with van der Waals surface area (Å²) in [6.45, 7) is 3.47. The van der Waals surface area contributed by atoms with Crippen LogP contribution in [0.15, 0.2) is 58.5 Å². The van der Waals surface area contributed by atoms with Crippen LogP contribution in [-0.4, -0.2) is 18.9 Å². The highest BCUT2D eigenvalue weighted by Gasteiger charge is 2.26. The number of ketones is 1. The Morgan fingerprint density at radius 2 is 1.92 bits per heavy atom. The lowest BCUT2D eigenvalue weighted by Gasteiger charge is -2.21. The van der Waals surface area contributed by atoms with E-state index in [0.717, 1.165) is 26.9 Å². The van der Waals surface area contributed by atoms with Crippen LogP contribution in [0, 0.1) is 0 Å².